The third kappa shape index (κ3) is 3.78. The van der Waals surface area contributed by atoms with E-state index in [2.05, 4.69) is 0 Å². The molecule has 0 fully saturated rings. The largest absolute Gasteiger partial charge is 0.460 e. The Morgan fingerprint density at radius 3 is 2.62 bits per heavy atom. The zero-order chi connectivity index (χ0) is 15.4. The van der Waals surface area contributed by atoms with Crippen LogP contribution in [0.1, 0.15) is 24.0 Å². The summed E-state index contributed by atoms with van der Waals surface area (Å²) in [5, 5.41) is 0. The first-order valence-corrected chi connectivity index (χ1v) is 6.43. The van der Waals surface area contributed by atoms with Crippen LogP contribution in [0.4, 0.5) is 14.5 Å². The molecule has 2 rings (SSSR count). The first-order valence-electron chi connectivity index (χ1n) is 6.43. The second kappa shape index (κ2) is 6.35. The van der Waals surface area contributed by atoms with Gasteiger partial charge in [0, 0.05) is 5.69 Å². The van der Waals surface area contributed by atoms with E-state index in [-0.39, 0.29) is 6.61 Å². The topological polar surface area (TPSA) is 52.3 Å². The number of carbonyl (C=O) groups excluding carboxylic acids is 1. The molecule has 0 spiro atoms. The molecular weight excluding hydrogens is 276 g/mol. The van der Waals surface area contributed by atoms with E-state index < -0.39 is 23.5 Å². The Balaban J connectivity index is 1.99. The Morgan fingerprint density at radius 1 is 1.19 bits per heavy atom. The molecule has 110 valence electrons. The summed E-state index contributed by atoms with van der Waals surface area (Å²) >= 11 is 0. The minimum atomic E-state index is -0.965. The van der Waals surface area contributed by atoms with E-state index in [1.807, 2.05) is 0 Å². The maximum atomic E-state index is 13.0. The number of benzene rings is 2. The molecule has 0 heterocycles. The van der Waals surface area contributed by atoms with Crippen LogP contribution < -0.4 is 5.73 Å². The fraction of sp³-hybridized carbons (Fsp3) is 0.188. The highest BCUT2D eigenvalue weighted by Gasteiger charge is 2.17. The molecule has 2 aromatic rings. The van der Waals surface area contributed by atoms with Gasteiger partial charge in [0.1, 0.15) is 6.61 Å². The molecule has 0 amide bonds. The summed E-state index contributed by atoms with van der Waals surface area (Å²) in [4.78, 5) is 11.9. The molecule has 1 unspecified atom stereocenters. The molecule has 0 aliphatic carbocycles. The molecular formula is C16H15F2NO2. The average molecular weight is 291 g/mol. The normalized spacial score (nSPS) is 12.0. The van der Waals surface area contributed by atoms with Gasteiger partial charge in [-0.3, -0.25) is 4.79 Å². The number of rotatable bonds is 4. The molecule has 2 N–H and O–H groups in total. The summed E-state index contributed by atoms with van der Waals surface area (Å²) in [6.07, 6.45) is 0. The lowest BCUT2D eigenvalue weighted by Gasteiger charge is -2.12. The summed E-state index contributed by atoms with van der Waals surface area (Å²) in [6, 6.07) is 10.3. The Labute approximate surface area is 121 Å². The van der Waals surface area contributed by atoms with Crippen molar-refractivity contribution in [2.24, 2.45) is 0 Å². The van der Waals surface area contributed by atoms with E-state index in [1.54, 1.807) is 31.2 Å². The molecule has 0 aromatic heterocycles. The van der Waals surface area contributed by atoms with Gasteiger partial charge in [0.2, 0.25) is 0 Å². The van der Waals surface area contributed by atoms with Gasteiger partial charge in [0.25, 0.3) is 0 Å². The van der Waals surface area contributed by atoms with Crippen molar-refractivity contribution in [1.82, 2.24) is 0 Å². The molecule has 21 heavy (non-hydrogen) atoms. The van der Waals surface area contributed by atoms with Gasteiger partial charge in [-0.05, 0) is 42.3 Å². The van der Waals surface area contributed by atoms with Gasteiger partial charge in [-0.25, -0.2) is 8.78 Å². The molecule has 2 aromatic carbocycles. The smallest absolute Gasteiger partial charge is 0.313 e. The van der Waals surface area contributed by atoms with Crippen LogP contribution in [0.15, 0.2) is 42.5 Å². The minimum absolute atomic E-state index is 0.108. The summed E-state index contributed by atoms with van der Waals surface area (Å²) < 4.78 is 30.9. The fourth-order valence-electron chi connectivity index (χ4n) is 1.87. The zero-order valence-electron chi connectivity index (χ0n) is 11.5. The van der Waals surface area contributed by atoms with Crippen LogP contribution in [-0.2, 0) is 16.1 Å². The third-order valence-corrected chi connectivity index (χ3v) is 3.13. The van der Waals surface area contributed by atoms with E-state index in [4.69, 9.17) is 10.5 Å². The van der Waals surface area contributed by atoms with Crippen LogP contribution in [0.2, 0.25) is 0 Å². The minimum Gasteiger partial charge on any atom is -0.460 e. The maximum Gasteiger partial charge on any atom is 0.313 e. The molecule has 0 radical (unpaired) electrons. The Bertz CT molecular complexity index is 658. The molecule has 3 nitrogen and oxygen atoms in total. The van der Waals surface area contributed by atoms with Crippen molar-refractivity contribution < 1.29 is 18.3 Å². The van der Waals surface area contributed by atoms with Gasteiger partial charge < -0.3 is 10.5 Å². The van der Waals surface area contributed by atoms with Gasteiger partial charge in [-0.2, -0.15) is 0 Å². The van der Waals surface area contributed by atoms with E-state index in [1.165, 1.54) is 6.07 Å². The highest BCUT2D eigenvalue weighted by atomic mass is 19.2. The summed E-state index contributed by atoms with van der Waals surface area (Å²) in [5.41, 5.74) is 7.36. The highest BCUT2D eigenvalue weighted by Crippen LogP contribution is 2.20. The molecule has 0 bridgehead atoms. The predicted molar refractivity (Wildman–Crippen MR) is 75.4 cm³/mol. The summed E-state index contributed by atoms with van der Waals surface area (Å²) in [5.74, 6) is -2.84. The number of ether oxygens (including phenoxy) is 1. The Kier molecular flexibility index (Phi) is 4.52. The van der Waals surface area contributed by atoms with Gasteiger partial charge in [0.05, 0.1) is 5.92 Å². The number of nitrogens with two attached hydrogens (primary N) is 1. The second-order valence-electron chi connectivity index (χ2n) is 4.75. The lowest BCUT2D eigenvalue weighted by Crippen LogP contribution is -2.13. The predicted octanol–water partition coefficient (Wildman–Crippen LogP) is 3.39. The van der Waals surface area contributed by atoms with Gasteiger partial charge in [-0.1, -0.05) is 18.2 Å². The van der Waals surface area contributed by atoms with Crippen molar-refractivity contribution in [3.63, 3.8) is 0 Å². The van der Waals surface area contributed by atoms with Gasteiger partial charge in [-0.15, -0.1) is 0 Å². The number of halogens is 2. The van der Waals surface area contributed by atoms with Crippen LogP contribution in [0, 0.1) is 11.6 Å². The molecule has 5 heteroatoms. The number of esters is 1. The first-order chi connectivity index (χ1) is 9.97. The SMILES string of the molecule is CC(C(=O)OCc1ccc(F)c(F)c1)c1cccc(N)c1. The van der Waals surface area contributed by atoms with Crippen molar-refractivity contribution in [2.75, 3.05) is 5.73 Å². The van der Waals surface area contributed by atoms with Crippen LogP contribution in [0.25, 0.3) is 0 Å². The van der Waals surface area contributed by atoms with Crippen LogP contribution in [-0.4, -0.2) is 5.97 Å². The number of carbonyl (C=O) groups is 1. The summed E-state index contributed by atoms with van der Waals surface area (Å²) in [7, 11) is 0. The number of anilines is 1. The van der Waals surface area contributed by atoms with Gasteiger partial charge in [0.15, 0.2) is 11.6 Å². The first kappa shape index (κ1) is 15.0. The highest BCUT2D eigenvalue weighted by molar-refractivity contribution is 5.78. The second-order valence-corrected chi connectivity index (χ2v) is 4.75. The van der Waals surface area contributed by atoms with Crippen molar-refractivity contribution in [1.29, 1.82) is 0 Å². The standard InChI is InChI=1S/C16H15F2NO2/c1-10(12-3-2-4-13(19)8-12)16(20)21-9-11-5-6-14(17)15(18)7-11/h2-8,10H,9,19H2,1H3. The molecule has 0 saturated carbocycles. The lowest BCUT2D eigenvalue weighted by atomic mass is 10.0. The third-order valence-electron chi connectivity index (χ3n) is 3.13. The number of nitrogen functional groups attached to an aromatic ring is 1. The monoisotopic (exact) mass is 291 g/mol. The summed E-state index contributed by atoms with van der Waals surface area (Å²) in [6.45, 7) is 1.59. The Morgan fingerprint density at radius 2 is 1.95 bits per heavy atom. The van der Waals surface area contributed by atoms with Crippen LogP contribution in [0.3, 0.4) is 0 Å². The van der Waals surface area contributed by atoms with E-state index in [9.17, 15) is 13.6 Å². The van der Waals surface area contributed by atoms with Crippen LogP contribution >= 0.6 is 0 Å². The fourth-order valence-corrected chi connectivity index (χ4v) is 1.87. The van der Waals surface area contributed by atoms with E-state index in [0.717, 1.165) is 17.7 Å². The number of hydrogen-bond acceptors (Lipinski definition) is 3. The Hall–Kier alpha value is -2.43. The number of hydrogen-bond donors (Lipinski definition) is 1. The average Bonchev–Trinajstić information content (AvgIpc) is 2.47. The van der Waals surface area contributed by atoms with Crippen LogP contribution in [0.5, 0.6) is 0 Å². The van der Waals surface area contributed by atoms with Crippen molar-refractivity contribution in [3.05, 3.63) is 65.2 Å². The van der Waals surface area contributed by atoms with E-state index in [0.29, 0.717) is 11.3 Å². The molecule has 0 aliphatic rings. The van der Waals surface area contributed by atoms with Crippen molar-refractivity contribution in [3.8, 4) is 0 Å². The van der Waals surface area contributed by atoms with E-state index >= 15 is 0 Å². The molecule has 0 aliphatic heterocycles. The molecule has 0 saturated heterocycles. The maximum absolute atomic E-state index is 13.0. The molecule has 1 atom stereocenters. The van der Waals surface area contributed by atoms with Gasteiger partial charge >= 0.3 is 5.97 Å². The quantitative estimate of drug-likeness (QED) is 0.694. The van der Waals surface area contributed by atoms with Crippen molar-refractivity contribution >= 4 is 11.7 Å². The van der Waals surface area contributed by atoms with Crippen molar-refractivity contribution in [2.45, 2.75) is 19.4 Å². The zero-order valence-corrected chi connectivity index (χ0v) is 11.5. The lowest BCUT2D eigenvalue weighted by molar-refractivity contribution is -0.146.